The van der Waals surface area contributed by atoms with E-state index >= 15 is 0 Å². The zero-order valence-electron chi connectivity index (χ0n) is 15.2. The van der Waals surface area contributed by atoms with Crippen molar-refractivity contribution in [3.05, 3.63) is 34.9 Å². The summed E-state index contributed by atoms with van der Waals surface area (Å²) in [4.78, 5) is 17.4. The first-order valence-corrected chi connectivity index (χ1v) is 10.0. The number of amides is 1. The van der Waals surface area contributed by atoms with E-state index in [0.29, 0.717) is 0 Å². The summed E-state index contributed by atoms with van der Waals surface area (Å²) < 4.78 is 5.42. The van der Waals surface area contributed by atoms with Crippen molar-refractivity contribution in [3.63, 3.8) is 0 Å². The minimum atomic E-state index is 0.237. The summed E-state index contributed by atoms with van der Waals surface area (Å²) in [6.07, 6.45) is 7.13. The van der Waals surface area contributed by atoms with Crippen LogP contribution in [0.3, 0.4) is 0 Å². The minimum absolute atomic E-state index is 0.237. The third-order valence-electron chi connectivity index (χ3n) is 6.20. The summed E-state index contributed by atoms with van der Waals surface area (Å²) in [5.41, 5.74) is 3.73. The number of benzene rings is 1. The van der Waals surface area contributed by atoms with Gasteiger partial charge in [-0.2, -0.15) is 0 Å². The molecule has 0 N–H and O–H groups in total. The Morgan fingerprint density at radius 3 is 2.60 bits per heavy atom. The average molecular weight is 342 g/mol. The number of fused-ring (bicyclic) bond motifs is 1. The first-order chi connectivity index (χ1) is 12.3. The van der Waals surface area contributed by atoms with Crippen LogP contribution in [-0.4, -0.2) is 61.6 Å². The number of carbonyl (C=O) groups excluding carboxylic acids is 1. The Labute approximate surface area is 151 Å². The van der Waals surface area contributed by atoms with E-state index < -0.39 is 0 Å². The predicted octanol–water partition coefficient (Wildman–Crippen LogP) is 2.75. The fourth-order valence-electron chi connectivity index (χ4n) is 4.50. The van der Waals surface area contributed by atoms with E-state index in [1.807, 2.05) is 6.07 Å². The Kier molecular flexibility index (Phi) is 5.37. The van der Waals surface area contributed by atoms with Gasteiger partial charge in [0.25, 0.3) is 5.91 Å². The Hall–Kier alpha value is -1.39. The molecule has 2 heterocycles. The molecule has 0 bridgehead atoms. The van der Waals surface area contributed by atoms with Crippen LogP contribution in [0.1, 0.15) is 47.2 Å². The van der Waals surface area contributed by atoms with Gasteiger partial charge in [-0.3, -0.25) is 9.69 Å². The SMILES string of the molecule is O=C(c1ccc2c(c1)CCC2)N1CCC(CCN2CCOCC2)CC1. The van der Waals surface area contributed by atoms with Gasteiger partial charge < -0.3 is 9.64 Å². The van der Waals surface area contributed by atoms with Crippen LogP contribution in [0.5, 0.6) is 0 Å². The third kappa shape index (κ3) is 4.06. The van der Waals surface area contributed by atoms with Gasteiger partial charge in [-0.25, -0.2) is 0 Å². The highest BCUT2D eigenvalue weighted by Gasteiger charge is 2.25. The maximum atomic E-state index is 12.8. The fourth-order valence-corrected chi connectivity index (χ4v) is 4.50. The number of hydrogen-bond donors (Lipinski definition) is 0. The van der Waals surface area contributed by atoms with Crippen LogP contribution in [0.4, 0.5) is 0 Å². The van der Waals surface area contributed by atoms with Crippen molar-refractivity contribution in [2.45, 2.75) is 38.5 Å². The van der Waals surface area contributed by atoms with Crippen LogP contribution in [0.2, 0.25) is 0 Å². The summed E-state index contributed by atoms with van der Waals surface area (Å²) in [5.74, 6) is 1.01. The molecule has 1 amide bonds. The quantitative estimate of drug-likeness (QED) is 0.843. The average Bonchev–Trinajstić information content (AvgIpc) is 3.15. The Morgan fingerprint density at radius 1 is 1.04 bits per heavy atom. The molecule has 1 aliphatic carbocycles. The van der Waals surface area contributed by atoms with Crippen molar-refractivity contribution in [1.82, 2.24) is 9.80 Å². The first kappa shape index (κ1) is 17.0. The highest BCUT2D eigenvalue weighted by atomic mass is 16.5. The summed E-state index contributed by atoms with van der Waals surface area (Å²) in [6, 6.07) is 6.36. The predicted molar refractivity (Wildman–Crippen MR) is 99.0 cm³/mol. The summed E-state index contributed by atoms with van der Waals surface area (Å²) >= 11 is 0. The van der Waals surface area contributed by atoms with Gasteiger partial charge in [0.05, 0.1) is 13.2 Å². The number of likely N-dealkylation sites (tertiary alicyclic amines) is 1. The molecule has 1 aromatic carbocycles. The maximum absolute atomic E-state index is 12.8. The molecule has 4 nitrogen and oxygen atoms in total. The van der Waals surface area contributed by atoms with Crippen LogP contribution < -0.4 is 0 Å². The number of piperidine rings is 1. The van der Waals surface area contributed by atoms with Gasteiger partial charge in [0, 0.05) is 31.7 Å². The van der Waals surface area contributed by atoms with E-state index in [2.05, 4.69) is 21.9 Å². The van der Waals surface area contributed by atoms with Gasteiger partial charge in [0.2, 0.25) is 0 Å². The molecular formula is C21H30N2O2. The number of morpholine rings is 1. The highest BCUT2D eigenvalue weighted by molar-refractivity contribution is 5.94. The van der Waals surface area contributed by atoms with Crippen LogP contribution in [0, 0.1) is 5.92 Å². The van der Waals surface area contributed by atoms with Crippen molar-refractivity contribution in [2.24, 2.45) is 5.92 Å². The summed E-state index contributed by atoms with van der Waals surface area (Å²) in [5, 5.41) is 0. The molecule has 1 aromatic rings. The Balaban J connectivity index is 1.26. The van der Waals surface area contributed by atoms with Crippen LogP contribution in [0.25, 0.3) is 0 Å². The molecule has 0 radical (unpaired) electrons. The standard InChI is InChI=1S/C21H30N2O2/c24-21(20-5-4-18-2-1-3-19(18)16-20)23-10-7-17(8-11-23)6-9-22-12-14-25-15-13-22/h4-5,16-17H,1-3,6-15H2. The minimum Gasteiger partial charge on any atom is -0.379 e. The molecule has 4 heteroatoms. The molecule has 0 aromatic heterocycles. The lowest BCUT2D eigenvalue weighted by Gasteiger charge is -2.34. The zero-order chi connectivity index (χ0) is 17.1. The molecule has 0 spiro atoms. The summed E-state index contributed by atoms with van der Waals surface area (Å²) in [6.45, 7) is 6.95. The van der Waals surface area contributed by atoms with Crippen molar-refractivity contribution in [1.29, 1.82) is 0 Å². The molecule has 4 rings (SSSR count). The molecule has 0 atom stereocenters. The van der Waals surface area contributed by atoms with E-state index in [9.17, 15) is 4.79 Å². The van der Waals surface area contributed by atoms with Crippen LogP contribution in [-0.2, 0) is 17.6 Å². The lowest BCUT2D eigenvalue weighted by Crippen LogP contribution is -2.40. The van der Waals surface area contributed by atoms with E-state index in [1.165, 1.54) is 36.9 Å². The van der Waals surface area contributed by atoms with Crippen molar-refractivity contribution in [2.75, 3.05) is 45.9 Å². The monoisotopic (exact) mass is 342 g/mol. The molecule has 0 unspecified atom stereocenters. The molecular weight excluding hydrogens is 312 g/mol. The van der Waals surface area contributed by atoms with Gasteiger partial charge in [-0.15, -0.1) is 0 Å². The van der Waals surface area contributed by atoms with Gasteiger partial charge in [-0.05, 0) is 74.2 Å². The Bertz CT molecular complexity index is 602. The summed E-state index contributed by atoms with van der Waals surface area (Å²) in [7, 11) is 0. The molecule has 2 fully saturated rings. The molecule has 25 heavy (non-hydrogen) atoms. The second-order valence-electron chi connectivity index (χ2n) is 7.82. The smallest absolute Gasteiger partial charge is 0.253 e. The lowest BCUT2D eigenvalue weighted by atomic mass is 9.92. The third-order valence-corrected chi connectivity index (χ3v) is 6.20. The molecule has 2 aliphatic heterocycles. The first-order valence-electron chi connectivity index (χ1n) is 10.0. The molecule has 2 saturated heterocycles. The number of rotatable bonds is 4. The number of nitrogens with zero attached hydrogens (tertiary/aromatic N) is 2. The van der Waals surface area contributed by atoms with Gasteiger partial charge in [0.15, 0.2) is 0 Å². The number of carbonyl (C=O) groups is 1. The Morgan fingerprint density at radius 2 is 1.80 bits per heavy atom. The highest BCUT2D eigenvalue weighted by Crippen LogP contribution is 2.26. The number of aryl methyl sites for hydroxylation is 2. The normalized spacial score (nSPS) is 22.2. The van der Waals surface area contributed by atoms with E-state index in [1.54, 1.807) is 0 Å². The zero-order valence-corrected chi connectivity index (χ0v) is 15.2. The van der Waals surface area contributed by atoms with Crippen LogP contribution >= 0.6 is 0 Å². The van der Waals surface area contributed by atoms with Gasteiger partial charge in [0.1, 0.15) is 0 Å². The van der Waals surface area contributed by atoms with E-state index in [4.69, 9.17) is 4.74 Å². The van der Waals surface area contributed by atoms with Crippen molar-refractivity contribution < 1.29 is 9.53 Å². The van der Waals surface area contributed by atoms with Crippen molar-refractivity contribution in [3.8, 4) is 0 Å². The number of hydrogen-bond acceptors (Lipinski definition) is 3. The topological polar surface area (TPSA) is 32.8 Å². The van der Waals surface area contributed by atoms with E-state index in [-0.39, 0.29) is 5.91 Å². The second-order valence-corrected chi connectivity index (χ2v) is 7.82. The maximum Gasteiger partial charge on any atom is 0.253 e. The largest absolute Gasteiger partial charge is 0.379 e. The molecule has 0 saturated carbocycles. The van der Waals surface area contributed by atoms with E-state index in [0.717, 1.165) is 70.1 Å². The number of ether oxygens (including phenoxy) is 1. The van der Waals surface area contributed by atoms with Gasteiger partial charge in [-0.1, -0.05) is 6.07 Å². The molecule has 136 valence electrons. The second kappa shape index (κ2) is 7.88. The van der Waals surface area contributed by atoms with Crippen molar-refractivity contribution >= 4 is 5.91 Å². The molecule has 3 aliphatic rings. The lowest BCUT2D eigenvalue weighted by molar-refractivity contribution is 0.0332. The fraction of sp³-hybridized carbons (Fsp3) is 0.667. The van der Waals surface area contributed by atoms with Gasteiger partial charge >= 0.3 is 0 Å². The van der Waals surface area contributed by atoms with Crippen LogP contribution in [0.15, 0.2) is 18.2 Å².